The van der Waals surface area contributed by atoms with Gasteiger partial charge in [0.25, 0.3) is 0 Å². The van der Waals surface area contributed by atoms with Crippen molar-refractivity contribution in [2.24, 2.45) is 17.8 Å². The molecule has 32 heavy (non-hydrogen) atoms. The molecule has 1 aliphatic rings. The van der Waals surface area contributed by atoms with Gasteiger partial charge in [0.15, 0.2) is 0 Å². The van der Waals surface area contributed by atoms with Crippen LogP contribution in [0.2, 0.25) is 0 Å². The van der Waals surface area contributed by atoms with Gasteiger partial charge in [-0.25, -0.2) is 0 Å². The lowest BCUT2D eigenvalue weighted by Gasteiger charge is -2.29. The predicted octanol–water partition coefficient (Wildman–Crippen LogP) is 8.32. The third kappa shape index (κ3) is 13.5. The third-order valence-corrected chi connectivity index (χ3v) is 7.11. The molecule has 0 aliphatic heterocycles. The van der Waals surface area contributed by atoms with E-state index in [-0.39, 0.29) is 12.1 Å². The Morgan fingerprint density at radius 1 is 0.750 bits per heavy atom. The summed E-state index contributed by atoms with van der Waals surface area (Å²) in [6, 6.07) is 0. The van der Waals surface area contributed by atoms with Gasteiger partial charge in [-0.05, 0) is 44.4 Å². The Labute approximate surface area is 198 Å². The van der Waals surface area contributed by atoms with Crippen LogP contribution in [0.4, 0.5) is 0 Å². The maximum atomic E-state index is 12.8. The van der Waals surface area contributed by atoms with Crippen molar-refractivity contribution in [2.75, 3.05) is 0 Å². The Kier molecular flexibility index (Phi) is 16.6. The van der Waals surface area contributed by atoms with E-state index in [0.717, 1.165) is 44.4 Å². The average Bonchev–Trinajstić information content (AvgIpc) is 2.77. The second-order valence-corrected chi connectivity index (χ2v) is 10.5. The number of unbranched alkanes of at least 4 members (excludes halogenated alkanes) is 10. The van der Waals surface area contributed by atoms with Crippen LogP contribution < -0.4 is 0 Å². The number of carbonyl (C=O) groups excluding carboxylic acids is 1. The molecule has 1 fully saturated rings. The summed E-state index contributed by atoms with van der Waals surface area (Å²) in [5, 5.41) is 9.50. The first-order valence-electron chi connectivity index (χ1n) is 13.9. The molecule has 0 aromatic heterocycles. The van der Waals surface area contributed by atoms with Gasteiger partial charge >= 0.3 is 11.9 Å². The zero-order valence-corrected chi connectivity index (χ0v) is 21.4. The normalized spacial score (nSPS) is 19.8. The lowest BCUT2D eigenvalue weighted by Crippen LogP contribution is -2.35. The molecule has 4 heteroatoms. The Morgan fingerprint density at radius 2 is 1.22 bits per heavy atom. The van der Waals surface area contributed by atoms with E-state index < -0.39 is 17.8 Å². The second kappa shape index (κ2) is 18.4. The van der Waals surface area contributed by atoms with E-state index in [4.69, 9.17) is 4.74 Å². The minimum atomic E-state index is -0.838. The van der Waals surface area contributed by atoms with Gasteiger partial charge in [-0.3, -0.25) is 9.59 Å². The van der Waals surface area contributed by atoms with Crippen molar-refractivity contribution in [2.45, 2.75) is 149 Å². The molecule has 0 saturated heterocycles. The molecule has 1 saturated carbocycles. The maximum Gasteiger partial charge on any atom is 0.310 e. The highest BCUT2D eigenvalue weighted by molar-refractivity contribution is 5.81. The zero-order valence-electron chi connectivity index (χ0n) is 21.4. The number of carboxylic acids is 1. The molecule has 3 unspecified atom stereocenters. The largest absolute Gasteiger partial charge is 0.481 e. The molecule has 0 bridgehead atoms. The van der Waals surface area contributed by atoms with Gasteiger partial charge in [-0.2, -0.15) is 0 Å². The predicted molar refractivity (Wildman–Crippen MR) is 133 cm³/mol. The van der Waals surface area contributed by atoms with E-state index in [1.807, 2.05) is 0 Å². The molecule has 188 valence electrons. The summed E-state index contributed by atoms with van der Waals surface area (Å²) in [5.74, 6) is -1.27. The van der Waals surface area contributed by atoms with Gasteiger partial charge in [0.05, 0.1) is 11.8 Å². The molecular weight excluding hydrogens is 400 g/mol. The molecule has 1 aliphatic carbocycles. The van der Waals surface area contributed by atoms with Gasteiger partial charge in [-0.1, -0.05) is 104 Å². The number of aliphatic carboxylic acids is 1. The van der Waals surface area contributed by atoms with Crippen molar-refractivity contribution >= 4 is 11.9 Å². The van der Waals surface area contributed by atoms with Crippen molar-refractivity contribution in [1.29, 1.82) is 0 Å². The highest BCUT2D eigenvalue weighted by Crippen LogP contribution is 2.32. The summed E-state index contributed by atoms with van der Waals surface area (Å²) in [4.78, 5) is 24.4. The number of hydrogen-bond acceptors (Lipinski definition) is 3. The van der Waals surface area contributed by atoms with E-state index in [1.54, 1.807) is 0 Å². The first-order chi connectivity index (χ1) is 15.5. The number of ether oxygens (including phenoxy) is 1. The van der Waals surface area contributed by atoms with Crippen LogP contribution in [0.15, 0.2) is 0 Å². The van der Waals surface area contributed by atoms with Gasteiger partial charge in [0, 0.05) is 0 Å². The van der Waals surface area contributed by atoms with E-state index >= 15 is 0 Å². The number of esters is 1. The van der Waals surface area contributed by atoms with E-state index in [0.29, 0.717) is 12.8 Å². The highest BCUT2D eigenvalue weighted by Gasteiger charge is 2.37. The smallest absolute Gasteiger partial charge is 0.310 e. The fraction of sp³-hybridized carbons (Fsp3) is 0.929. The van der Waals surface area contributed by atoms with Gasteiger partial charge in [0.1, 0.15) is 6.10 Å². The molecule has 4 nitrogen and oxygen atoms in total. The van der Waals surface area contributed by atoms with Crippen molar-refractivity contribution in [3.63, 3.8) is 0 Å². The third-order valence-electron chi connectivity index (χ3n) is 7.11. The summed E-state index contributed by atoms with van der Waals surface area (Å²) >= 11 is 0. The van der Waals surface area contributed by atoms with E-state index in [1.165, 1.54) is 70.6 Å². The topological polar surface area (TPSA) is 63.6 Å². The van der Waals surface area contributed by atoms with E-state index in [2.05, 4.69) is 20.8 Å². The monoisotopic (exact) mass is 452 g/mol. The van der Waals surface area contributed by atoms with Crippen LogP contribution in [0.5, 0.6) is 0 Å². The van der Waals surface area contributed by atoms with Crippen LogP contribution in [0.1, 0.15) is 143 Å². The Hall–Kier alpha value is -1.06. The SMILES string of the molecule is CCCCCCC(CCCCCCCCCCC(C)C)OC(=O)C1CCCCC1C(=O)O. The number of hydrogen-bond donors (Lipinski definition) is 1. The molecular formula is C28H52O4. The lowest BCUT2D eigenvalue weighted by atomic mass is 9.79. The Morgan fingerprint density at radius 3 is 1.72 bits per heavy atom. The van der Waals surface area contributed by atoms with Crippen molar-refractivity contribution in [3.05, 3.63) is 0 Å². The van der Waals surface area contributed by atoms with Crippen LogP contribution in [-0.2, 0) is 14.3 Å². The van der Waals surface area contributed by atoms with Crippen LogP contribution in [0.3, 0.4) is 0 Å². The molecule has 0 aromatic carbocycles. The lowest BCUT2D eigenvalue weighted by molar-refractivity contribution is -0.164. The van der Waals surface area contributed by atoms with Crippen LogP contribution in [0.25, 0.3) is 0 Å². The standard InChI is InChI=1S/C28H52O4/c1-4-5-6-14-19-24(20-15-12-10-8-7-9-11-13-18-23(2)3)32-28(31)26-22-17-16-21-25(26)27(29)30/h23-26H,4-22H2,1-3H3,(H,29,30). The first kappa shape index (κ1) is 29.0. The van der Waals surface area contributed by atoms with Crippen LogP contribution >= 0.6 is 0 Å². The number of carboxylic acid groups (broad SMARTS) is 1. The Bertz CT molecular complexity index is 488. The maximum absolute atomic E-state index is 12.8. The summed E-state index contributed by atoms with van der Waals surface area (Å²) in [5.41, 5.74) is 0. The fourth-order valence-corrected chi connectivity index (χ4v) is 5.01. The highest BCUT2D eigenvalue weighted by atomic mass is 16.5. The average molecular weight is 453 g/mol. The summed E-state index contributed by atoms with van der Waals surface area (Å²) < 4.78 is 5.94. The number of rotatable bonds is 19. The molecule has 0 radical (unpaired) electrons. The summed E-state index contributed by atoms with van der Waals surface area (Å²) in [6.07, 6.45) is 21.3. The minimum absolute atomic E-state index is 0.0354. The van der Waals surface area contributed by atoms with Crippen molar-refractivity contribution < 1.29 is 19.4 Å². The van der Waals surface area contributed by atoms with Crippen molar-refractivity contribution in [1.82, 2.24) is 0 Å². The number of carbonyl (C=O) groups is 2. The van der Waals surface area contributed by atoms with Crippen LogP contribution in [0, 0.1) is 17.8 Å². The molecule has 0 heterocycles. The van der Waals surface area contributed by atoms with Crippen molar-refractivity contribution in [3.8, 4) is 0 Å². The minimum Gasteiger partial charge on any atom is -0.481 e. The summed E-state index contributed by atoms with van der Waals surface area (Å²) in [7, 11) is 0. The second-order valence-electron chi connectivity index (χ2n) is 10.5. The molecule has 1 N–H and O–H groups in total. The molecule has 1 rings (SSSR count). The zero-order chi connectivity index (χ0) is 23.6. The van der Waals surface area contributed by atoms with E-state index in [9.17, 15) is 14.7 Å². The van der Waals surface area contributed by atoms with Gasteiger partial charge < -0.3 is 9.84 Å². The molecule has 3 atom stereocenters. The summed E-state index contributed by atoms with van der Waals surface area (Å²) in [6.45, 7) is 6.80. The fourth-order valence-electron chi connectivity index (χ4n) is 5.01. The Balaban J connectivity index is 2.32. The van der Waals surface area contributed by atoms with Gasteiger partial charge in [0.2, 0.25) is 0 Å². The van der Waals surface area contributed by atoms with Crippen LogP contribution in [-0.4, -0.2) is 23.1 Å². The molecule has 0 spiro atoms. The first-order valence-corrected chi connectivity index (χ1v) is 13.9. The molecule has 0 amide bonds. The molecule has 0 aromatic rings. The van der Waals surface area contributed by atoms with Gasteiger partial charge in [-0.15, -0.1) is 0 Å². The quantitative estimate of drug-likeness (QED) is 0.158.